The van der Waals surface area contributed by atoms with Gasteiger partial charge in [-0.1, -0.05) is 27.2 Å². The monoisotopic (exact) mass is 142 g/mol. The summed E-state index contributed by atoms with van der Waals surface area (Å²) in [4.78, 5) is 0. The van der Waals surface area contributed by atoms with Gasteiger partial charge in [0.25, 0.3) is 8.05 Å². The van der Waals surface area contributed by atoms with Crippen molar-refractivity contribution >= 4 is 8.05 Å². The standard InChI is InChI=1S/C8H19BO/c1-4-7-8(5-2,6-3)10-9/h4-7,9H2,1-3H3. The van der Waals surface area contributed by atoms with Crippen LogP contribution in [0.1, 0.15) is 46.5 Å². The maximum absolute atomic E-state index is 5.48. The van der Waals surface area contributed by atoms with Gasteiger partial charge in [-0.05, 0) is 19.3 Å². The van der Waals surface area contributed by atoms with Gasteiger partial charge >= 0.3 is 0 Å². The van der Waals surface area contributed by atoms with Gasteiger partial charge in [-0.2, -0.15) is 0 Å². The Morgan fingerprint density at radius 2 is 1.70 bits per heavy atom. The van der Waals surface area contributed by atoms with Crippen molar-refractivity contribution in [2.75, 3.05) is 0 Å². The predicted octanol–water partition coefficient (Wildman–Crippen LogP) is 1.91. The van der Waals surface area contributed by atoms with Gasteiger partial charge in [0.1, 0.15) is 0 Å². The van der Waals surface area contributed by atoms with Crippen LogP contribution in [0.4, 0.5) is 0 Å². The minimum atomic E-state index is 0.175. The van der Waals surface area contributed by atoms with Crippen LogP contribution in [0.3, 0.4) is 0 Å². The summed E-state index contributed by atoms with van der Waals surface area (Å²) < 4.78 is 5.48. The van der Waals surface area contributed by atoms with Gasteiger partial charge in [-0.3, -0.25) is 0 Å². The molecular formula is C8H19BO. The smallest absolute Gasteiger partial charge is 0.258 e. The van der Waals surface area contributed by atoms with Gasteiger partial charge in [0.2, 0.25) is 0 Å². The van der Waals surface area contributed by atoms with E-state index in [1.807, 2.05) is 8.05 Å². The van der Waals surface area contributed by atoms with Crippen molar-refractivity contribution in [2.45, 2.75) is 52.1 Å². The van der Waals surface area contributed by atoms with Crippen LogP contribution in [-0.4, -0.2) is 13.7 Å². The van der Waals surface area contributed by atoms with E-state index in [0.717, 1.165) is 12.8 Å². The molecule has 1 nitrogen and oxygen atoms in total. The molecule has 10 heavy (non-hydrogen) atoms. The van der Waals surface area contributed by atoms with Crippen LogP contribution in [0.25, 0.3) is 0 Å². The molecule has 0 aliphatic rings. The van der Waals surface area contributed by atoms with E-state index in [9.17, 15) is 0 Å². The fourth-order valence-corrected chi connectivity index (χ4v) is 1.45. The van der Waals surface area contributed by atoms with Crippen LogP contribution in [0.15, 0.2) is 0 Å². The molecule has 0 bridgehead atoms. The lowest BCUT2D eigenvalue weighted by Gasteiger charge is -2.30. The van der Waals surface area contributed by atoms with Crippen molar-refractivity contribution in [3.8, 4) is 0 Å². The Morgan fingerprint density at radius 3 is 1.80 bits per heavy atom. The topological polar surface area (TPSA) is 9.23 Å². The molecule has 0 rings (SSSR count). The van der Waals surface area contributed by atoms with Gasteiger partial charge in [-0.25, -0.2) is 0 Å². The largest absolute Gasteiger partial charge is 0.439 e. The summed E-state index contributed by atoms with van der Waals surface area (Å²) in [6.07, 6.45) is 4.67. The van der Waals surface area contributed by atoms with E-state index in [2.05, 4.69) is 20.8 Å². The first-order valence-corrected chi connectivity index (χ1v) is 4.29. The Hall–Kier alpha value is 0.0249. The summed E-state index contributed by atoms with van der Waals surface area (Å²) in [5.74, 6) is 0. The molecule has 0 unspecified atom stereocenters. The highest BCUT2D eigenvalue weighted by molar-refractivity contribution is 5.98. The third-order valence-corrected chi connectivity index (χ3v) is 2.43. The summed E-state index contributed by atoms with van der Waals surface area (Å²) in [6, 6.07) is 0. The van der Waals surface area contributed by atoms with Crippen molar-refractivity contribution in [2.24, 2.45) is 0 Å². The molecule has 0 N–H and O–H groups in total. The highest BCUT2D eigenvalue weighted by Gasteiger charge is 2.22. The van der Waals surface area contributed by atoms with E-state index in [0.29, 0.717) is 0 Å². The number of hydrogen-bond acceptors (Lipinski definition) is 1. The van der Waals surface area contributed by atoms with Crippen LogP contribution in [-0.2, 0) is 4.65 Å². The molecule has 0 saturated heterocycles. The molecule has 0 atom stereocenters. The van der Waals surface area contributed by atoms with E-state index in [-0.39, 0.29) is 5.60 Å². The second kappa shape index (κ2) is 4.78. The normalized spacial score (nSPS) is 11.9. The van der Waals surface area contributed by atoms with Crippen molar-refractivity contribution in [1.29, 1.82) is 0 Å². The SMILES string of the molecule is BOC(CC)(CC)CCC. The zero-order valence-electron chi connectivity index (χ0n) is 7.74. The second-order valence-electron chi connectivity index (χ2n) is 2.84. The van der Waals surface area contributed by atoms with Crippen molar-refractivity contribution in [1.82, 2.24) is 0 Å². The van der Waals surface area contributed by atoms with Crippen molar-refractivity contribution < 1.29 is 4.65 Å². The summed E-state index contributed by atoms with van der Waals surface area (Å²) in [7, 11) is 1.82. The van der Waals surface area contributed by atoms with Gasteiger partial charge < -0.3 is 4.65 Å². The van der Waals surface area contributed by atoms with E-state index in [1.165, 1.54) is 12.8 Å². The minimum absolute atomic E-state index is 0.175. The average Bonchev–Trinajstić information content (AvgIpc) is 2.01. The molecule has 0 aliphatic heterocycles. The third kappa shape index (κ3) is 2.33. The Bertz CT molecular complexity index is 71.1. The van der Waals surface area contributed by atoms with E-state index >= 15 is 0 Å². The van der Waals surface area contributed by atoms with Crippen LogP contribution in [0, 0.1) is 0 Å². The molecule has 0 heterocycles. The molecule has 0 aliphatic carbocycles. The fraction of sp³-hybridized carbons (Fsp3) is 1.00. The molecule has 0 spiro atoms. The van der Waals surface area contributed by atoms with Crippen molar-refractivity contribution in [3.63, 3.8) is 0 Å². The molecule has 0 aromatic rings. The quantitative estimate of drug-likeness (QED) is 0.532. The average molecular weight is 142 g/mol. The van der Waals surface area contributed by atoms with Crippen LogP contribution in [0.2, 0.25) is 0 Å². The first-order chi connectivity index (χ1) is 4.74. The van der Waals surface area contributed by atoms with Crippen molar-refractivity contribution in [3.05, 3.63) is 0 Å². The highest BCUT2D eigenvalue weighted by Crippen LogP contribution is 2.24. The Labute approximate surface area is 65.6 Å². The second-order valence-corrected chi connectivity index (χ2v) is 2.84. The third-order valence-electron chi connectivity index (χ3n) is 2.43. The van der Waals surface area contributed by atoms with Crippen LogP contribution < -0.4 is 0 Å². The summed E-state index contributed by atoms with van der Waals surface area (Å²) in [5, 5.41) is 0. The molecule has 60 valence electrons. The summed E-state index contributed by atoms with van der Waals surface area (Å²) >= 11 is 0. The lowest BCUT2D eigenvalue weighted by atomic mass is 9.91. The van der Waals surface area contributed by atoms with Crippen LogP contribution >= 0.6 is 0 Å². The fourth-order valence-electron chi connectivity index (χ4n) is 1.45. The maximum atomic E-state index is 5.48. The number of rotatable bonds is 5. The molecule has 0 radical (unpaired) electrons. The van der Waals surface area contributed by atoms with Gasteiger partial charge in [0, 0.05) is 0 Å². The highest BCUT2D eigenvalue weighted by atomic mass is 16.4. The molecule has 0 amide bonds. The zero-order valence-corrected chi connectivity index (χ0v) is 7.74. The van der Waals surface area contributed by atoms with Gasteiger partial charge in [-0.15, -0.1) is 0 Å². The summed E-state index contributed by atoms with van der Waals surface area (Å²) in [6.45, 7) is 6.60. The van der Waals surface area contributed by atoms with E-state index in [1.54, 1.807) is 0 Å². The molecule has 0 saturated carbocycles. The minimum Gasteiger partial charge on any atom is -0.439 e. The molecule has 0 aromatic heterocycles. The lowest BCUT2D eigenvalue weighted by molar-refractivity contribution is 0.0605. The molecule has 0 aromatic carbocycles. The first-order valence-electron chi connectivity index (χ1n) is 4.29. The zero-order chi connectivity index (χ0) is 8.04. The Morgan fingerprint density at radius 1 is 1.20 bits per heavy atom. The first kappa shape index (κ1) is 10.0. The van der Waals surface area contributed by atoms with Gasteiger partial charge in [0.05, 0.1) is 5.60 Å². The molecule has 0 fully saturated rings. The van der Waals surface area contributed by atoms with Gasteiger partial charge in [0.15, 0.2) is 0 Å². The van der Waals surface area contributed by atoms with E-state index in [4.69, 9.17) is 4.65 Å². The van der Waals surface area contributed by atoms with E-state index < -0.39 is 0 Å². The lowest BCUT2D eigenvalue weighted by Crippen LogP contribution is -2.29. The number of hydrogen-bond donors (Lipinski definition) is 0. The van der Waals surface area contributed by atoms with Crippen LogP contribution in [0.5, 0.6) is 0 Å². The summed E-state index contributed by atoms with van der Waals surface area (Å²) in [5.41, 5.74) is 0.175. The maximum Gasteiger partial charge on any atom is 0.258 e. The molecular weight excluding hydrogens is 123 g/mol. The molecule has 2 heteroatoms. The Kier molecular flexibility index (Phi) is 4.79. The predicted molar refractivity (Wildman–Crippen MR) is 47.9 cm³/mol. The Balaban J connectivity index is 3.87.